The number of aromatic nitrogens is 4. The zero-order valence-corrected chi connectivity index (χ0v) is 28.0. The standard InChI is InChI=1S/C33H47N11O4/c1-23(45-3)10-13-47-32-30(21-44(40-32)29-8-6-28(7-9-29)42-11-14-46-15-12-42)39-33-37-18-27(19-38-33)25-4-5-26(17-34)31(16-25)48-24(2)20-43(22-35)41-36/h4-5,16,18-19,21-24,28-29,35,41H,6-15,20,36H2,1-3H3,(H,37,38,39)/t23?,24-,28?,29?/m0/s1. The van der Waals surface area contributed by atoms with E-state index in [4.69, 9.17) is 35.3 Å². The van der Waals surface area contributed by atoms with E-state index in [1.54, 1.807) is 31.6 Å². The number of methoxy groups -OCH3 is 1. The fraction of sp³-hybridized carbons (Fsp3) is 0.545. The first-order valence-electron chi connectivity index (χ1n) is 16.5. The van der Waals surface area contributed by atoms with Gasteiger partial charge in [-0.3, -0.25) is 25.8 Å². The van der Waals surface area contributed by atoms with E-state index < -0.39 is 0 Å². The lowest BCUT2D eigenvalue weighted by atomic mass is 9.90. The summed E-state index contributed by atoms with van der Waals surface area (Å²) in [5.74, 6) is 6.76. The smallest absolute Gasteiger partial charge is 0.256 e. The van der Waals surface area contributed by atoms with Crippen LogP contribution in [0, 0.1) is 16.7 Å². The average molecular weight is 662 g/mol. The number of benzene rings is 1. The predicted molar refractivity (Wildman–Crippen MR) is 181 cm³/mol. The second-order valence-electron chi connectivity index (χ2n) is 12.2. The fourth-order valence-electron chi connectivity index (χ4n) is 6.05. The topological polar surface area (TPSA) is 185 Å². The maximum absolute atomic E-state index is 9.64. The highest BCUT2D eigenvalue weighted by molar-refractivity contribution is 5.67. The van der Waals surface area contributed by atoms with Gasteiger partial charge in [0.05, 0.1) is 56.6 Å². The number of anilines is 2. The Morgan fingerprint density at radius 1 is 1.12 bits per heavy atom. The minimum atomic E-state index is -0.359. The van der Waals surface area contributed by atoms with Gasteiger partial charge in [0.25, 0.3) is 5.88 Å². The summed E-state index contributed by atoms with van der Waals surface area (Å²) in [6.07, 6.45) is 11.3. The molecule has 15 heteroatoms. The lowest BCUT2D eigenvalue weighted by Crippen LogP contribution is -2.46. The summed E-state index contributed by atoms with van der Waals surface area (Å²) in [4.78, 5) is 11.7. The number of nitriles is 1. The van der Waals surface area contributed by atoms with Crippen LogP contribution >= 0.6 is 0 Å². The molecule has 3 heterocycles. The SMILES string of the molecule is COC(C)CCOc1nn(C2CCC(N3CCOCC3)CC2)cc1Nc1ncc(-c2ccc(C#N)c(O[C@@H](C)CN(C=N)NN)c2)cn1. The number of hydrogen-bond donors (Lipinski definition) is 4. The highest BCUT2D eigenvalue weighted by Gasteiger charge is 2.29. The molecule has 3 aromatic rings. The van der Waals surface area contributed by atoms with Crippen molar-refractivity contribution in [1.82, 2.24) is 35.2 Å². The molecule has 5 N–H and O–H groups in total. The Bertz CT molecular complexity index is 1500. The van der Waals surface area contributed by atoms with Crippen LogP contribution in [0.4, 0.5) is 11.6 Å². The molecular weight excluding hydrogens is 614 g/mol. The van der Waals surface area contributed by atoms with E-state index in [1.807, 2.05) is 30.8 Å². The van der Waals surface area contributed by atoms with Gasteiger partial charge >= 0.3 is 0 Å². The molecule has 48 heavy (non-hydrogen) atoms. The highest BCUT2D eigenvalue weighted by Crippen LogP contribution is 2.35. The van der Waals surface area contributed by atoms with Gasteiger partial charge in [-0.2, -0.15) is 10.8 Å². The van der Waals surface area contributed by atoms with Gasteiger partial charge in [-0.15, -0.1) is 5.10 Å². The first-order chi connectivity index (χ1) is 23.4. The Morgan fingerprint density at radius 3 is 2.52 bits per heavy atom. The molecule has 0 amide bonds. The van der Waals surface area contributed by atoms with Crippen molar-refractivity contribution in [3.05, 3.63) is 42.4 Å². The van der Waals surface area contributed by atoms with Gasteiger partial charge in [-0.1, -0.05) is 6.07 Å². The van der Waals surface area contributed by atoms with E-state index in [1.165, 1.54) is 5.01 Å². The largest absolute Gasteiger partial charge is 0.487 e. The van der Waals surface area contributed by atoms with Crippen LogP contribution in [0.25, 0.3) is 11.1 Å². The maximum atomic E-state index is 9.64. The quantitative estimate of drug-likeness (QED) is 0.0756. The van der Waals surface area contributed by atoms with E-state index in [2.05, 4.69) is 31.8 Å². The molecule has 2 fully saturated rings. The Morgan fingerprint density at radius 2 is 1.85 bits per heavy atom. The lowest BCUT2D eigenvalue weighted by molar-refractivity contribution is 0.00502. The lowest BCUT2D eigenvalue weighted by Gasteiger charge is -2.38. The number of hydrogen-bond acceptors (Lipinski definition) is 13. The summed E-state index contributed by atoms with van der Waals surface area (Å²) < 4.78 is 25.2. The summed E-state index contributed by atoms with van der Waals surface area (Å²) in [5, 5.41) is 26.6. The maximum Gasteiger partial charge on any atom is 0.256 e. The molecule has 1 saturated heterocycles. The molecule has 0 spiro atoms. The molecule has 1 saturated carbocycles. The van der Waals surface area contributed by atoms with Gasteiger partial charge in [0, 0.05) is 50.6 Å². The van der Waals surface area contributed by atoms with Crippen LogP contribution in [-0.4, -0.2) is 101 Å². The third-order valence-corrected chi connectivity index (χ3v) is 8.90. The molecule has 2 aromatic heterocycles. The Hall–Kier alpha value is -4.33. The minimum absolute atomic E-state index is 0.0746. The van der Waals surface area contributed by atoms with Gasteiger partial charge in [0.2, 0.25) is 5.95 Å². The normalized spacial score (nSPS) is 19.6. The van der Waals surface area contributed by atoms with E-state index in [-0.39, 0.29) is 18.2 Å². The first kappa shape index (κ1) is 35.0. The summed E-state index contributed by atoms with van der Waals surface area (Å²) >= 11 is 0. The van der Waals surface area contributed by atoms with Gasteiger partial charge in [-0.25, -0.2) is 9.97 Å². The second kappa shape index (κ2) is 17.2. The average Bonchev–Trinajstić information content (AvgIpc) is 3.53. The number of morpholine rings is 1. The third kappa shape index (κ3) is 9.18. The molecule has 2 atom stereocenters. The molecule has 1 aliphatic carbocycles. The Balaban J connectivity index is 1.28. The molecule has 2 aliphatic rings. The van der Waals surface area contributed by atoms with Crippen molar-refractivity contribution >= 4 is 18.0 Å². The van der Waals surface area contributed by atoms with E-state index in [0.717, 1.165) is 75.9 Å². The summed E-state index contributed by atoms with van der Waals surface area (Å²) in [5.41, 5.74) is 5.05. The Kier molecular flexibility index (Phi) is 12.5. The number of nitrogens with two attached hydrogens (primary N) is 1. The molecule has 1 aromatic carbocycles. The van der Waals surface area contributed by atoms with Crippen molar-refractivity contribution in [2.45, 2.75) is 70.2 Å². The van der Waals surface area contributed by atoms with Crippen LogP contribution in [0.15, 0.2) is 36.8 Å². The van der Waals surface area contributed by atoms with Gasteiger partial charge in [0.15, 0.2) is 0 Å². The van der Waals surface area contributed by atoms with Crippen LogP contribution in [0.2, 0.25) is 0 Å². The number of rotatable bonds is 16. The molecule has 1 aliphatic heterocycles. The number of hydrazine groups is 2. The predicted octanol–water partition coefficient (Wildman–Crippen LogP) is 3.63. The molecule has 0 bridgehead atoms. The van der Waals surface area contributed by atoms with E-state index in [9.17, 15) is 5.26 Å². The molecule has 0 radical (unpaired) electrons. The van der Waals surface area contributed by atoms with Crippen molar-refractivity contribution in [3.8, 4) is 28.8 Å². The molecule has 1 unspecified atom stereocenters. The summed E-state index contributed by atoms with van der Waals surface area (Å²) in [7, 11) is 1.69. The zero-order chi connectivity index (χ0) is 33.9. The molecule has 258 valence electrons. The first-order valence-corrected chi connectivity index (χ1v) is 16.5. The van der Waals surface area contributed by atoms with Crippen LogP contribution in [0.3, 0.4) is 0 Å². The monoisotopic (exact) mass is 661 g/mol. The fourth-order valence-corrected chi connectivity index (χ4v) is 6.05. The van der Waals surface area contributed by atoms with Crippen molar-refractivity contribution in [2.24, 2.45) is 5.84 Å². The summed E-state index contributed by atoms with van der Waals surface area (Å²) in [6, 6.07) is 8.38. The van der Waals surface area contributed by atoms with Crippen LogP contribution in [0.5, 0.6) is 11.6 Å². The van der Waals surface area contributed by atoms with Crippen molar-refractivity contribution in [3.63, 3.8) is 0 Å². The number of nitrogens with one attached hydrogen (secondary N) is 3. The van der Waals surface area contributed by atoms with E-state index >= 15 is 0 Å². The van der Waals surface area contributed by atoms with Gasteiger partial charge in [-0.05, 0) is 57.2 Å². The van der Waals surface area contributed by atoms with Crippen molar-refractivity contribution in [2.75, 3.05) is 51.9 Å². The van der Waals surface area contributed by atoms with Crippen molar-refractivity contribution < 1.29 is 18.9 Å². The van der Waals surface area contributed by atoms with Crippen LogP contribution < -0.4 is 26.2 Å². The number of nitrogens with zero attached hydrogens (tertiary/aromatic N) is 7. The van der Waals surface area contributed by atoms with E-state index in [0.29, 0.717) is 48.0 Å². The van der Waals surface area contributed by atoms with Gasteiger partial charge in [0.1, 0.15) is 23.6 Å². The van der Waals surface area contributed by atoms with Gasteiger partial charge < -0.3 is 24.3 Å². The minimum Gasteiger partial charge on any atom is -0.487 e. The molecule has 15 nitrogen and oxygen atoms in total. The zero-order valence-electron chi connectivity index (χ0n) is 28.0. The summed E-state index contributed by atoms with van der Waals surface area (Å²) in [6.45, 7) is 8.29. The van der Waals surface area contributed by atoms with Crippen molar-refractivity contribution in [1.29, 1.82) is 10.7 Å². The third-order valence-electron chi connectivity index (χ3n) is 8.90. The highest BCUT2D eigenvalue weighted by atomic mass is 16.5. The van der Waals surface area contributed by atoms with Crippen LogP contribution in [0.1, 0.15) is 57.6 Å². The molecular formula is C33H47N11O4. The molecule has 5 rings (SSSR count). The number of ether oxygens (including phenoxy) is 4. The second-order valence-corrected chi connectivity index (χ2v) is 12.2. The van der Waals surface area contributed by atoms with Crippen LogP contribution in [-0.2, 0) is 9.47 Å². The Labute approximate surface area is 281 Å².